The molecule has 3 rings (SSSR count). The van der Waals surface area contributed by atoms with Crippen LogP contribution in [0.4, 0.5) is 0 Å². The van der Waals surface area contributed by atoms with Crippen molar-refractivity contribution in [3.63, 3.8) is 0 Å². The summed E-state index contributed by atoms with van der Waals surface area (Å²) >= 11 is 0. The third-order valence-electron chi connectivity index (χ3n) is 5.61. The van der Waals surface area contributed by atoms with Crippen LogP contribution in [0.1, 0.15) is 55.5 Å². The molecule has 0 aliphatic carbocycles. The Kier molecular flexibility index (Phi) is 5.97. The molecule has 0 saturated carbocycles. The molecule has 0 aromatic heterocycles. The standard InChI is InChI=1S/C21H31N3O2/c1-14(2)12-19(23-20(25)18-7-5-4-6-15(18)3)21(26)24-16-8-9-17(24)13-22-11-10-16/h4-7,14,16-17,19,22H,8-13H2,1-3H3,(H,23,25). The quantitative estimate of drug-likeness (QED) is 0.851. The minimum Gasteiger partial charge on any atom is -0.340 e. The lowest BCUT2D eigenvalue weighted by Crippen LogP contribution is -2.53. The van der Waals surface area contributed by atoms with E-state index in [2.05, 4.69) is 29.4 Å². The van der Waals surface area contributed by atoms with Gasteiger partial charge in [0.15, 0.2) is 0 Å². The van der Waals surface area contributed by atoms with Gasteiger partial charge in [-0.1, -0.05) is 32.0 Å². The highest BCUT2D eigenvalue weighted by atomic mass is 16.2. The van der Waals surface area contributed by atoms with E-state index in [0.717, 1.165) is 37.9 Å². The molecule has 142 valence electrons. The molecule has 3 atom stereocenters. The first kappa shape index (κ1) is 18.9. The van der Waals surface area contributed by atoms with E-state index in [0.29, 0.717) is 23.9 Å². The fourth-order valence-corrected chi connectivity index (χ4v) is 4.28. The van der Waals surface area contributed by atoms with Gasteiger partial charge in [0.05, 0.1) is 0 Å². The predicted molar refractivity (Wildman–Crippen MR) is 103 cm³/mol. The summed E-state index contributed by atoms with van der Waals surface area (Å²) < 4.78 is 0. The molecule has 1 aromatic carbocycles. The molecule has 1 aromatic rings. The fraction of sp³-hybridized carbons (Fsp3) is 0.619. The average molecular weight is 357 g/mol. The molecule has 2 fully saturated rings. The van der Waals surface area contributed by atoms with Gasteiger partial charge in [-0.25, -0.2) is 0 Å². The first-order valence-electron chi connectivity index (χ1n) is 9.86. The van der Waals surface area contributed by atoms with Crippen LogP contribution in [-0.2, 0) is 4.79 Å². The monoisotopic (exact) mass is 357 g/mol. The lowest BCUT2D eigenvalue weighted by atomic mass is 10.0. The van der Waals surface area contributed by atoms with Crippen molar-refractivity contribution in [2.75, 3.05) is 13.1 Å². The minimum absolute atomic E-state index is 0.0943. The molecular formula is C21H31N3O2. The maximum absolute atomic E-state index is 13.4. The Morgan fingerprint density at radius 1 is 1.19 bits per heavy atom. The molecule has 0 radical (unpaired) electrons. The van der Waals surface area contributed by atoms with E-state index in [1.54, 1.807) is 0 Å². The molecule has 2 aliphatic rings. The summed E-state index contributed by atoms with van der Waals surface area (Å²) in [6, 6.07) is 7.65. The molecule has 0 spiro atoms. The maximum atomic E-state index is 13.4. The molecule has 5 nitrogen and oxygen atoms in total. The Morgan fingerprint density at radius 3 is 2.65 bits per heavy atom. The average Bonchev–Trinajstić information content (AvgIpc) is 2.86. The van der Waals surface area contributed by atoms with Gasteiger partial charge in [-0.05, 0) is 56.7 Å². The second-order valence-corrected chi connectivity index (χ2v) is 8.09. The van der Waals surface area contributed by atoms with Crippen LogP contribution in [0, 0.1) is 12.8 Å². The Bertz CT molecular complexity index is 644. The Morgan fingerprint density at radius 2 is 1.92 bits per heavy atom. The number of rotatable bonds is 5. The molecule has 2 heterocycles. The molecule has 5 heteroatoms. The number of amides is 2. The number of carbonyl (C=O) groups excluding carboxylic acids is 2. The molecule has 26 heavy (non-hydrogen) atoms. The highest BCUT2D eigenvalue weighted by Crippen LogP contribution is 2.29. The summed E-state index contributed by atoms with van der Waals surface area (Å²) in [6.45, 7) is 7.95. The van der Waals surface area contributed by atoms with Gasteiger partial charge < -0.3 is 15.5 Å². The van der Waals surface area contributed by atoms with Crippen LogP contribution in [0.2, 0.25) is 0 Å². The van der Waals surface area contributed by atoms with Crippen molar-refractivity contribution >= 4 is 11.8 Å². The molecule has 3 unspecified atom stereocenters. The van der Waals surface area contributed by atoms with E-state index < -0.39 is 6.04 Å². The van der Waals surface area contributed by atoms with Crippen LogP contribution in [0.25, 0.3) is 0 Å². The second-order valence-electron chi connectivity index (χ2n) is 8.09. The van der Waals surface area contributed by atoms with E-state index in [4.69, 9.17) is 0 Å². The van der Waals surface area contributed by atoms with E-state index >= 15 is 0 Å². The lowest BCUT2D eigenvalue weighted by Gasteiger charge is -2.32. The Hall–Kier alpha value is -1.88. The number of aryl methyl sites for hydroxylation is 1. The predicted octanol–water partition coefficient (Wildman–Crippen LogP) is 2.49. The first-order chi connectivity index (χ1) is 12.5. The van der Waals surface area contributed by atoms with Gasteiger partial charge in [0.25, 0.3) is 5.91 Å². The van der Waals surface area contributed by atoms with E-state index in [1.165, 1.54) is 0 Å². The van der Waals surface area contributed by atoms with Crippen molar-refractivity contribution in [2.45, 2.75) is 64.6 Å². The van der Waals surface area contributed by atoms with Gasteiger partial charge in [-0.3, -0.25) is 9.59 Å². The fourth-order valence-electron chi connectivity index (χ4n) is 4.28. The lowest BCUT2D eigenvalue weighted by molar-refractivity contribution is -0.136. The number of carbonyl (C=O) groups is 2. The van der Waals surface area contributed by atoms with E-state index in [9.17, 15) is 9.59 Å². The van der Waals surface area contributed by atoms with Crippen molar-refractivity contribution in [1.82, 2.24) is 15.5 Å². The topological polar surface area (TPSA) is 61.4 Å². The molecule has 2 bridgehead atoms. The summed E-state index contributed by atoms with van der Waals surface area (Å²) in [7, 11) is 0. The van der Waals surface area contributed by atoms with Gasteiger partial charge in [-0.2, -0.15) is 0 Å². The molecule has 2 aliphatic heterocycles. The van der Waals surface area contributed by atoms with Crippen LogP contribution >= 0.6 is 0 Å². The van der Waals surface area contributed by atoms with Crippen molar-refractivity contribution in [2.24, 2.45) is 5.92 Å². The van der Waals surface area contributed by atoms with Crippen LogP contribution in [0.3, 0.4) is 0 Å². The van der Waals surface area contributed by atoms with Crippen molar-refractivity contribution in [3.05, 3.63) is 35.4 Å². The molecule has 2 saturated heterocycles. The Labute approximate surface area is 156 Å². The molecular weight excluding hydrogens is 326 g/mol. The minimum atomic E-state index is -0.455. The number of fused-ring (bicyclic) bond motifs is 2. The van der Waals surface area contributed by atoms with Gasteiger partial charge in [-0.15, -0.1) is 0 Å². The molecule has 2 amide bonds. The zero-order chi connectivity index (χ0) is 18.7. The normalized spacial score (nSPS) is 23.6. The van der Waals surface area contributed by atoms with Crippen molar-refractivity contribution in [1.29, 1.82) is 0 Å². The summed E-state index contributed by atoms with van der Waals surface area (Å²) in [4.78, 5) is 28.3. The van der Waals surface area contributed by atoms with Crippen molar-refractivity contribution < 1.29 is 9.59 Å². The first-order valence-corrected chi connectivity index (χ1v) is 9.86. The van der Waals surface area contributed by atoms with Gasteiger partial charge in [0, 0.05) is 24.2 Å². The summed E-state index contributed by atoms with van der Waals surface area (Å²) in [5.74, 6) is 0.281. The summed E-state index contributed by atoms with van der Waals surface area (Å²) in [6.07, 6.45) is 3.81. The number of hydrogen-bond donors (Lipinski definition) is 2. The third-order valence-corrected chi connectivity index (χ3v) is 5.61. The highest BCUT2D eigenvalue weighted by molar-refractivity contribution is 5.98. The van der Waals surface area contributed by atoms with Crippen LogP contribution < -0.4 is 10.6 Å². The smallest absolute Gasteiger partial charge is 0.252 e. The largest absolute Gasteiger partial charge is 0.340 e. The summed E-state index contributed by atoms with van der Waals surface area (Å²) in [5, 5.41) is 6.48. The number of nitrogens with zero attached hydrogens (tertiary/aromatic N) is 1. The number of hydrogen-bond acceptors (Lipinski definition) is 3. The Balaban J connectivity index is 1.78. The van der Waals surface area contributed by atoms with Gasteiger partial charge in [0.2, 0.25) is 5.91 Å². The SMILES string of the molecule is Cc1ccccc1C(=O)NC(CC(C)C)C(=O)N1C2CCNCC1CC2. The number of benzene rings is 1. The number of nitrogens with one attached hydrogen (secondary N) is 2. The highest BCUT2D eigenvalue weighted by Gasteiger charge is 2.41. The summed E-state index contributed by atoms with van der Waals surface area (Å²) in [5.41, 5.74) is 1.58. The molecule has 2 N–H and O–H groups in total. The second kappa shape index (κ2) is 8.21. The van der Waals surface area contributed by atoms with Crippen LogP contribution in [0.5, 0.6) is 0 Å². The van der Waals surface area contributed by atoms with Crippen LogP contribution in [0.15, 0.2) is 24.3 Å². The zero-order valence-electron chi connectivity index (χ0n) is 16.1. The van der Waals surface area contributed by atoms with Gasteiger partial charge >= 0.3 is 0 Å². The third kappa shape index (κ3) is 4.09. The van der Waals surface area contributed by atoms with Crippen LogP contribution in [-0.4, -0.2) is 47.9 Å². The van der Waals surface area contributed by atoms with E-state index in [-0.39, 0.29) is 17.9 Å². The van der Waals surface area contributed by atoms with E-state index in [1.807, 2.05) is 31.2 Å². The van der Waals surface area contributed by atoms with Gasteiger partial charge in [0.1, 0.15) is 6.04 Å². The van der Waals surface area contributed by atoms with Crippen molar-refractivity contribution in [3.8, 4) is 0 Å². The maximum Gasteiger partial charge on any atom is 0.252 e. The zero-order valence-corrected chi connectivity index (χ0v) is 16.1.